The minimum Gasteiger partial charge on any atom is -0.378 e. The average Bonchev–Trinajstić information content (AvgIpc) is 2.69. The van der Waals surface area contributed by atoms with Gasteiger partial charge in [0.15, 0.2) is 5.78 Å². The van der Waals surface area contributed by atoms with Crippen LogP contribution in [-0.4, -0.2) is 24.9 Å². The summed E-state index contributed by atoms with van der Waals surface area (Å²) in [6.07, 6.45) is 3.78. The highest BCUT2D eigenvalue weighted by Gasteiger charge is 2.20. The number of anilines is 1. The molecule has 1 heterocycles. The van der Waals surface area contributed by atoms with Crippen molar-refractivity contribution in [3.8, 4) is 0 Å². The van der Waals surface area contributed by atoms with Crippen LogP contribution >= 0.6 is 0 Å². The number of hydrogen-bond acceptors (Lipinski definition) is 3. The van der Waals surface area contributed by atoms with E-state index in [1.54, 1.807) is 24.5 Å². The van der Waals surface area contributed by atoms with E-state index in [0.29, 0.717) is 12.0 Å². The highest BCUT2D eigenvalue weighted by Crippen LogP contribution is 2.31. The molecule has 3 rings (SSSR count). The molecule has 0 aliphatic carbocycles. The second-order valence-corrected chi connectivity index (χ2v) is 7.25. The molecule has 0 aliphatic heterocycles. The van der Waals surface area contributed by atoms with E-state index in [9.17, 15) is 4.79 Å². The molecule has 3 aromatic rings. The minimum atomic E-state index is 0.0289. The SMILES string of the molecule is Cc1ccc(C(CC(=O)c2ccncc2)c2ccc(N(C)C)cc2)cc1C. The van der Waals surface area contributed by atoms with Gasteiger partial charge in [0.1, 0.15) is 0 Å². The predicted octanol–water partition coefficient (Wildman–Crippen LogP) is 5.17. The molecule has 27 heavy (non-hydrogen) atoms. The Balaban J connectivity index is 1.97. The van der Waals surface area contributed by atoms with E-state index in [-0.39, 0.29) is 11.7 Å². The molecule has 0 bridgehead atoms. The van der Waals surface area contributed by atoms with Crippen molar-refractivity contribution in [3.05, 3.63) is 94.8 Å². The highest BCUT2D eigenvalue weighted by molar-refractivity contribution is 5.96. The minimum absolute atomic E-state index is 0.0289. The molecule has 138 valence electrons. The number of carbonyl (C=O) groups excluding carboxylic acids is 1. The summed E-state index contributed by atoms with van der Waals surface area (Å²) in [5.74, 6) is 0.165. The van der Waals surface area contributed by atoms with Gasteiger partial charge in [-0.05, 0) is 60.4 Å². The van der Waals surface area contributed by atoms with E-state index < -0.39 is 0 Å². The van der Waals surface area contributed by atoms with E-state index >= 15 is 0 Å². The Hall–Kier alpha value is -2.94. The maximum atomic E-state index is 12.9. The van der Waals surface area contributed by atoms with Crippen molar-refractivity contribution < 1.29 is 4.79 Å². The summed E-state index contributed by atoms with van der Waals surface area (Å²) < 4.78 is 0. The second-order valence-electron chi connectivity index (χ2n) is 7.25. The monoisotopic (exact) mass is 358 g/mol. The molecule has 0 spiro atoms. The summed E-state index contributed by atoms with van der Waals surface area (Å²) >= 11 is 0. The molecule has 1 atom stereocenters. The van der Waals surface area contributed by atoms with Crippen LogP contribution < -0.4 is 4.90 Å². The van der Waals surface area contributed by atoms with Crippen LogP contribution in [0.2, 0.25) is 0 Å². The number of benzene rings is 2. The third-order valence-electron chi connectivity index (χ3n) is 5.14. The molecule has 0 N–H and O–H groups in total. The number of hydrogen-bond donors (Lipinski definition) is 0. The topological polar surface area (TPSA) is 33.2 Å². The number of Topliss-reactive ketones (excluding diaryl/α,β-unsaturated/α-hetero) is 1. The van der Waals surface area contributed by atoms with Gasteiger partial charge in [0.2, 0.25) is 0 Å². The van der Waals surface area contributed by atoms with Gasteiger partial charge in [-0.25, -0.2) is 0 Å². The van der Waals surface area contributed by atoms with Crippen LogP contribution in [0.15, 0.2) is 67.0 Å². The Labute approximate surface area is 161 Å². The van der Waals surface area contributed by atoms with Gasteiger partial charge in [-0.2, -0.15) is 0 Å². The molecule has 0 radical (unpaired) electrons. The van der Waals surface area contributed by atoms with Crippen LogP contribution in [0.25, 0.3) is 0 Å². The molecule has 0 amide bonds. The maximum absolute atomic E-state index is 12.9. The first-order chi connectivity index (χ1) is 13.0. The summed E-state index contributed by atoms with van der Waals surface area (Å²) in [6.45, 7) is 4.23. The van der Waals surface area contributed by atoms with Crippen LogP contribution in [0.4, 0.5) is 5.69 Å². The number of ketones is 1. The zero-order valence-corrected chi connectivity index (χ0v) is 16.4. The molecule has 0 saturated heterocycles. The van der Waals surface area contributed by atoms with Crippen LogP contribution in [0, 0.1) is 13.8 Å². The fourth-order valence-corrected chi connectivity index (χ4v) is 3.26. The average molecular weight is 358 g/mol. The van der Waals surface area contributed by atoms with Crippen molar-refractivity contribution in [2.24, 2.45) is 0 Å². The van der Waals surface area contributed by atoms with Gasteiger partial charge < -0.3 is 4.90 Å². The quantitative estimate of drug-likeness (QED) is 0.570. The van der Waals surface area contributed by atoms with Gasteiger partial charge in [-0.3, -0.25) is 9.78 Å². The Morgan fingerprint density at radius 2 is 1.52 bits per heavy atom. The predicted molar refractivity (Wildman–Crippen MR) is 112 cm³/mol. The lowest BCUT2D eigenvalue weighted by atomic mass is 9.84. The van der Waals surface area contributed by atoms with E-state index in [0.717, 1.165) is 11.3 Å². The lowest BCUT2D eigenvalue weighted by Crippen LogP contribution is -2.11. The van der Waals surface area contributed by atoms with E-state index in [1.807, 2.05) is 14.1 Å². The Kier molecular flexibility index (Phi) is 5.70. The van der Waals surface area contributed by atoms with Gasteiger partial charge in [-0.15, -0.1) is 0 Å². The zero-order valence-electron chi connectivity index (χ0n) is 16.4. The third kappa shape index (κ3) is 4.43. The first-order valence-corrected chi connectivity index (χ1v) is 9.23. The number of nitrogens with zero attached hydrogens (tertiary/aromatic N) is 2. The van der Waals surface area contributed by atoms with Gasteiger partial charge in [0.25, 0.3) is 0 Å². The van der Waals surface area contributed by atoms with Gasteiger partial charge in [0.05, 0.1) is 0 Å². The second kappa shape index (κ2) is 8.17. The molecule has 3 heteroatoms. The Bertz CT molecular complexity index is 915. The first-order valence-electron chi connectivity index (χ1n) is 9.23. The molecule has 0 aliphatic rings. The molecule has 3 nitrogen and oxygen atoms in total. The van der Waals surface area contributed by atoms with Gasteiger partial charge in [0, 0.05) is 50.1 Å². The van der Waals surface area contributed by atoms with Crippen molar-refractivity contribution >= 4 is 11.5 Å². The van der Waals surface area contributed by atoms with E-state index in [1.165, 1.54) is 16.7 Å². The molecule has 0 saturated carbocycles. The lowest BCUT2D eigenvalue weighted by molar-refractivity contribution is 0.0977. The maximum Gasteiger partial charge on any atom is 0.163 e. The standard InChI is InChI=1S/C24H26N2O/c1-17-5-6-21(15-18(17)2)23(16-24(27)20-11-13-25-14-12-20)19-7-9-22(10-8-19)26(3)4/h5-15,23H,16H2,1-4H3. The summed E-state index contributed by atoms with van der Waals surface area (Å²) in [7, 11) is 4.06. The molecular formula is C24H26N2O. The number of rotatable bonds is 6. The molecule has 0 fully saturated rings. The molecule has 1 unspecified atom stereocenters. The van der Waals surface area contributed by atoms with Crippen molar-refractivity contribution in [3.63, 3.8) is 0 Å². The molecule has 2 aromatic carbocycles. The fourth-order valence-electron chi connectivity index (χ4n) is 3.26. The summed E-state index contributed by atoms with van der Waals surface area (Å²) in [5.41, 5.74) is 6.71. The first kappa shape index (κ1) is 18.8. The largest absolute Gasteiger partial charge is 0.378 e. The van der Waals surface area contributed by atoms with Crippen molar-refractivity contribution in [1.29, 1.82) is 0 Å². The van der Waals surface area contributed by atoms with E-state index in [4.69, 9.17) is 0 Å². The van der Waals surface area contributed by atoms with Crippen molar-refractivity contribution in [2.75, 3.05) is 19.0 Å². The van der Waals surface area contributed by atoms with Crippen LogP contribution in [-0.2, 0) is 0 Å². The van der Waals surface area contributed by atoms with Crippen molar-refractivity contribution in [1.82, 2.24) is 4.98 Å². The summed E-state index contributed by atoms with van der Waals surface area (Å²) in [4.78, 5) is 19.0. The Morgan fingerprint density at radius 1 is 0.889 bits per heavy atom. The van der Waals surface area contributed by atoms with Crippen LogP contribution in [0.3, 0.4) is 0 Å². The molecular weight excluding hydrogens is 332 g/mol. The van der Waals surface area contributed by atoms with Gasteiger partial charge in [-0.1, -0.05) is 30.3 Å². The Morgan fingerprint density at radius 3 is 2.11 bits per heavy atom. The van der Waals surface area contributed by atoms with Crippen molar-refractivity contribution in [2.45, 2.75) is 26.2 Å². The smallest absolute Gasteiger partial charge is 0.163 e. The van der Waals surface area contributed by atoms with Gasteiger partial charge >= 0.3 is 0 Å². The number of pyridine rings is 1. The lowest BCUT2D eigenvalue weighted by Gasteiger charge is -2.20. The van der Waals surface area contributed by atoms with E-state index in [2.05, 4.69) is 66.2 Å². The normalized spacial score (nSPS) is 11.9. The zero-order chi connectivity index (χ0) is 19.4. The van der Waals surface area contributed by atoms with Crippen LogP contribution in [0.5, 0.6) is 0 Å². The molecule has 1 aromatic heterocycles. The van der Waals surface area contributed by atoms with Crippen LogP contribution in [0.1, 0.15) is 45.0 Å². The number of aromatic nitrogens is 1. The number of aryl methyl sites for hydroxylation is 2. The fraction of sp³-hybridized carbons (Fsp3) is 0.250. The highest BCUT2D eigenvalue weighted by atomic mass is 16.1. The summed E-state index contributed by atoms with van der Waals surface area (Å²) in [6, 6.07) is 18.6. The number of carbonyl (C=O) groups is 1. The third-order valence-corrected chi connectivity index (χ3v) is 5.14. The summed E-state index contributed by atoms with van der Waals surface area (Å²) in [5, 5.41) is 0.